The topological polar surface area (TPSA) is 106 Å². The van der Waals surface area contributed by atoms with Crippen LogP contribution >= 0.6 is 0 Å². The highest BCUT2D eigenvalue weighted by atomic mass is 16.5. The van der Waals surface area contributed by atoms with E-state index in [-0.39, 0.29) is 22.3 Å². The van der Waals surface area contributed by atoms with Gasteiger partial charge in [0.15, 0.2) is 0 Å². The molecule has 0 saturated carbocycles. The smallest absolute Gasteiger partial charge is 0.337 e. The fourth-order valence-electron chi connectivity index (χ4n) is 4.20. The number of hydrogen-bond donors (Lipinski definition) is 1. The summed E-state index contributed by atoms with van der Waals surface area (Å²) < 4.78 is 15.8. The number of aliphatic hydroxyl groups is 1. The molecule has 36 heavy (non-hydrogen) atoms. The van der Waals surface area contributed by atoms with Gasteiger partial charge in [0.25, 0.3) is 11.7 Å². The molecule has 0 aliphatic carbocycles. The molecule has 1 fully saturated rings. The molecule has 1 aliphatic heterocycles. The van der Waals surface area contributed by atoms with E-state index in [1.54, 1.807) is 24.3 Å². The number of benzene rings is 2. The summed E-state index contributed by atoms with van der Waals surface area (Å²) in [7, 11) is 2.74. The van der Waals surface area contributed by atoms with Gasteiger partial charge >= 0.3 is 5.97 Å². The Morgan fingerprint density at radius 3 is 2.28 bits per heavy atom. The normalized spacial score (nSPS) is 17.4. The van der Waals surface area contributed by atoms with Crippen LogP contribution in [0.1, 0.15) is 54.1 Å². The highest BCUT2D eigenvalue weighted by Gasteiger charge is 2.48. The third-order valence-corrected chi connectivity index (χ3v) is 6.14. The Balaban J connectivity index is 1.91. The summed E-state index contributed by atoms with van der Waals surface area (Å²) in [5.41, 5.74) is 1.47. The number of methoxy groups -OCH3 is 2. The molecule has 8 nitrogen and oxygen atoms in total. The Morgan fingerprint density at radius 2 is 1.72 bits per heavy atom. The first-order valence-corrected chi connectivity index (χ1v) is 11.3. The molecule has 1 amide bonds. The standard InChI is InChI=1S/C28H27NO7/c1-28(2,3)17-10-13-20(34-4)19(15-17)24(30)22-23(21-7-6-14-36-21)29(26(32)25(22)31)18-11-8-16(9-12-18)27(33)35-5/h6-15,23,30H,1-5H3/b24-22+. The van der Waals surface area contributed by atoms with Crippen molar-refractivity contribution in [1.29, 1.82) is 0 Å². The Hall–Kier alpha value is -4.33. The highest BCUT2D eigenvalue weighted by molar-refractivity contribution is 6.51. The van der Waals surface area contributed by atoms with Gasteiger partial charge in [0.05, 0.1) is 37.2 Å². The maximum Gasteiger partial charge on any atom is 0.337 e. The van der Waals surface area contributed by atoms with E-state index < -0.39 is 23.7 Å². The lowest BCUT2D eigenvalue weighted by molar-refractivity contribution is -0.132. The van der Waals surface area contributed by atoms with Crippen molar-refractivity contribution in [2.45, 2.75) is 32.2 Å². The average molecular weight is 490 g/mol. The van der Waals surface area contributed by atoms with Crippen LogP contribution in [0.15, 0.2) is 70.9 Å². The summed E-state index contributed by atoms with van der Waals surface area (Å²) in [5, 5.41) is 11.5. The number of hydrogen-bond acceptors (Lipinski definition) is 7. The Kier molecular flexibility index (Phi) is 6.45. The Morgan fingerprint density at radius 1 is 1.03 bits per heavy atom. The van der Waals surface area contributed by atoms with Crippen molar-refractivity contribution < 1.29 is 33.4 Å². The van der Waals surface area contributed by atoms with Crippen LogP contribution in [-0.4, -0.2) is 37.0 Å². The number of rotatable bonds is 5. The van der Waals surface area contributed by atoms with Crippen LogP contribution in [0.5, 0.6) is 5.75 Å². The maximum absolute atomic E-state index is 13.3. The number of esters is 1. The molecule has 1 aliphatic rings. The number of Topliss-reactive ketones (excluding diaryl/α,β-unsaturated/α-hetero) is 1. The molecule has 186 valence electrons. The first-order chi connectivity index (χ1) is 17.1. The van der Waals surface area contributed by atoms with Crippen LogP contribution in [-0.2, 0) is 19.7 Å². The molecule has 4 rings (SSSR count). The van der Waals surface area contributed by atoms with E-state index in [1.165, 1.54) is 49.6 Å². The zero-order chi connectivity index (χ0) is 26.2. The van der Waals surface area contributed by atoms with Crippen molar-refractivity contribution in [2.75, 3.05) is 19.1 Å². The minimum atomic E-state index is -1.04. The number of ketones is 1. The van der Waals surface area contributed by atoms with Crippen LogP contribution in [0.3, 0.4) is 0 Å². The van der Waals surface area contributed by atoms with Gasteiger partial charge in [-0.2, -0.15) is 0 Å². The van der Waals surface area contributed by atoms with Gasteiger partial charge in [-0.1, -0.05) is 26.8 Å². The predicted molar refractivity (Wildman–Crippen MR) is 133 cm³/mol. The lowest BCUT2D eigenvalue weighted by Gasteiger charge is -2.24. The fourth-order valence-corrected chi connectivity index (χ4v) is 4.20. The molecule has 0 bridgehead atoms. The first kappa shape index (κ1) is 24.8. The Labute approximate surface area is 208 Å². The van der Waals surface area contributed by atoms with E-state index in [9.17, 15) is 19.5 Å². The maximum atomic E-state index is 13.3. The molecule has 1 atom stereocenters. The molecule has 8 heteroatoms. The van der Waals surface area contributed by atoms with Crippen molar-refractivity contribution in [1.82, 2.24) is 0 Å². The van der Waals surface area contributed by atoms with Crippen molar-refractivity contribution in [3.8, 4) is 5.75 Å². The van der Waals surface area contributed by atoms with Crippen LogP contribution in [0.2, 0.25) is 0 Å². The van der Waals surface area contributed by atoms with Crippen molar-refractivity contribution in [2.24, 2.45) is 0 Å². The van der Waals surface area contributed by atoms with Gasteiger partial charge in [0.2, 0.25) is 0 Å². The summed E-state index contributed by atoms with van der Waals surface area (Å²) in [5.74, 6) is -1.96. The summed E-state index contributed by atoms with van der Waals surface area (Å²) in [6, 6.07) is 13.7. The minimum Gasteiger partial charge on any atom is -0.507 e. The van der Waals surface area contributed by atoms with Crippen molar-refractivity contribution in [3.63, 3.8) is 0 Å². The molecule has 1 unspecified atom stereocenters. The van der Waals surface area contributed by atoms with E-state index in [0.29, 0.717) is 22.8 Å². The van der Waals surface area contributed by atoms with Crippen molar-refractivity contribution in [3.05, 3.63) is 88.9 Å². The average Bonchev–Trinajstić information content (AvgIpc) is 3.49. The first-order valence-electron chi connectivity index (χ1n) is 11.3. The van der Waals surface area contributed by atoms with Gasteiger partial charge in [-0.3, -0.25) is 14.5 Å². The number of carbonyl (C=O) groups excluding carboxylic acids is 3. The van der Waals surface area contributed by atoms with Gasteiger partial charge in [0.1, 0.15) is 23.3 Å². The SMILES string of the molecule is COC(=O)c1ccc(N2C(=O)C(=O)/C(=C(/O)c3cc(C(C)(C)C)ccc3OC)C2c2ccco2)cc1. The number of carbonyl (C=O) groups is 3. The van der Waals surface area contributed by atoms with Gasteiger partial charge in [0, 0.05) is 5.69 Å². The number of furan rings is 1. The third kappa shape index (κ3) is 4.26. The summed E-state index contributed by atoms with van der Waals surface area (Å²) in [4.78, 5) is 39.7. The lowest BCUT2D eigenvalue weighted by Crippen LogP contribution is -2.29. The summed E-state index contributed by atoms with van der Waals surface area (Å²) in [6.45, 7) is 6.08. The zero-order valence-corrected chi connectivity index (χ0v) is 20.7. The lowest BCUT2D eigenvalue weighted by atomic mass is 9.85. The molecule has 1 saturated heterocycles. The van der Waals surface area contributed by atoms with Crippen molar-refractivity contribution >= 4 is 29.1 Å². The van der Waals surface area contributed by atoms with Crippen LogP contribution in [0, 0.1) is 0 Å². The largest absolute Gasteiger partial charge is 0.507 e. The van der Waals surface area contributed by atoms with E-state index in [2.05, 4.69) is 0 Å². The van der Waals surface area contributed by atoms with Crippen LogP contribution < -0.4 is 9.64 Å². The molecular formula is C28H27NO7. The molecule has 1 N–H and O–H groups in total. The van der Waals surface area contributed by atoms with E-state index in [0.717, 1.165) is 5.56 Å². The monoisotopic (exact) mass is 489 g/mol. The summed E-state index contributed by atoms with van der Waals surface area (Å²) >= 11 is 0. The third-order valence-electron chi connectivity index (χ3n) is 6.14. The highest BCUT2D eigenvalue weighted by Crippen LogP contribution is 2.44. The predicted octanol–water partition coefficient (Wildman–Crippen LogP) is 5.00. The summed E-state index contributed by atoms with van der Waals surface area (Å²) in [6.07, 6.45) is 1.43. The molecule has 2 heterocycles. The molecule has 2 aromatic carbocycles. The number of nitrogens with zero attached hydrogens (tertiary/aromatic N) is 1. The van der Waals surface area contributed by atoms with Gasteiger partial charge < -0.3 is 19.0 Å². The zero-order valence-electron chi connectivity index (χ0n) is 20.7. The van der Waals surface area contributed by atoms with E-state index in [1.807, 2.05) is 26.8 Å². The van der Waals surface area contributed by atoms with Crippen LogP contribution in [0.4, 0.5) is 5.69 Å². The fraction of sp³-hybridized carbons (Fsp3) is 0.250. The molecule has 0 radical (unpaired) electrons. The number of amides is 1. The van der Waals surface area contributed by atoms with Gasteiger partial charge in [-0.25, -0.2) is 4.79 Å². The van der Waals surface area contributed by atoms with Crippen LogP contribution in [0.25, 0.3) is 5.76 Å². The molecular weight excluding hydrogens is 462 g/mol. The number of ether oxygens (including phenoxy) is 2. The van der Waals surface area contributed by atoms with Gasteiger partial charge in [-0.05, 0) is 59.5 Å². The molecule has 1 aromatic heterocycles. The second-order valence-electron chi connectivity index (χ2n) is 9.39. The minimum absolute atomic E-state index is 0.128. The van der Waals surface area contributed by atoms with E-state index in [4.69, 9.17) is 13.9 Å². The number of anilines is 1. The number of aliphatic hydroxyl groups excluding tert-OH is 1. The van der Waals surface area contributed by atoms with E-state index >= 15 is 0 Å². The quantitative estimate of drug-likeness (QED) is 0.233. The molecule has 0 spiro atoms. The van der Waals surface area contributed by atoms with Gasteiger partial charge in [-0.15, -0.1) is 0 Å². The Bertz CT molecular complexity index is 1350. The molecule has 3 aromatic rings. The second-order valence-corrected chi connectivity index (χ2v) is 9.39. The second kappa shape index (κ2) is 9.37.